The second-order valence-corrected chi connectivity index (χ2v) is 7.04. The van der Waals surface area contributed by atoms with Crippen LogP contribution in [-0.4, -0.2) is 73.7 Å². The number of nitrogens with one attached hydrogen (secondary N) is 1. The van der Waals surface area contributed by atoms with Crippen molar-refractivity contribution in [3.8, 4) is 0 Å². The summed E-state index contributed by atoms with van der Waals surface area (Å²) >= 11 is 0. The van der Waals surface area contributed by atoms with Gasteiger partial charge in [0.05, 0.1) is 12.6 Å². The van der Waals surface area contributed by atoms with Crippen molar-refractivity contribution in [2.45, 2.75) is 57.1 Å². The maximum absolute atomic E-state index is 12.0. The Labute approximate surface area is 134 Å². The molecular weight excluding hydrogens is 278 g/mol. The van der Waals surface area contributed by atoms with Gasteiger partial charge in [-0.15, -0.1) is 0 Å². The molecule has 3 fully saturated rings. The monoisotopic (exact) mass is 309 g/mol. The topological polar surface area (TPSA) is 44.8 Å². The number of rotatable bonds is 5. The van der Waals surface area contributed by atoms with E-state index in [2.05, 4.69) is 15.1 Å². The van der Waals surface area contributed by atoms with Gasteiger partial charge in [0.2, 0.25) is 5.91 Å². The third-order valence-corrected chi connectivity index (χ3v) is 5.38. The molecule has 0 aliphatic carbocycles. The number of carbonyl (C=O) groups excluding carboxylic acids is 1. The first-order valence-electron chi connectivity index (χ1n) is 9.16. The van der Waals surface area contributed by atoms with Crippen molar-refractivity contribution in [3.63, 3.8) is 0 Å². The van der Waals surface area contributed by atoms with Crippen molar-refractivity contribution in [2.24, 2.45) is 0 Å². The van der Waals surface area contributed by atoms with Gasteiger partial charge in [0, 0.05) is 32.3 Å². The van der Waals surface area contributed by atoms with Gasteiger partial charge < -0.3 is 15.0 Å². The molecular formula is C17H31N3O2. The predicted molar refractivity (Wildman–Crippen MR) is 86.9 cm³/mol. The van der Waals surface area contributed by atoms with Crippen molar-refractivity contribution in [3.05, 3.63) is 0 Å². The highest BCUT2D eigenvalue weighted by atomic mass is 16.5. The Morgan fingerprint density at radius 3 is 2.45 bits per heavy atom. The van der Waals surface area contributed by atoms with Crippen LogP contribution in [0.15, 0.2) is 0 Å². The summed E-state index contributed by atoms with van der Waals surface area (Å²) in [5.74, 6) is 0.159. The van der Waals surface area contributed by atoms with Crippen molar-refractivity contribution in [2.75, 3.05) is 45.9 Å². The van der Waals surface area contributed by atoms with E-state index < -0.39 is 0 Å². The standard InChI is InChI=1S/C17H31N3O2/c21-17(18-13-16-5-4-12-22-16)14-19-10-6-15(7-11-19)20-8-2-1-3-9-20/h15-16H,1-14H2,(H,18,21)/t16-/m1/s1. The van der Waals surface area contributed by atoms with E-state index in [0.29, 0.717) is 13.1 Å². The first kappa shape index (κ1) is 16.2. The number of amides is 1. The number of carbonyl (C=O) groups is 1. The molecule has 0 aromatic heterocycles. The van der Waals surface area contributed by atoms with Gasteiger partial charge in [-0.3, -0.25) is 9.69 Å². The van der Waals surface area contributed by atoms with Crippen LogP contribution < -0.4 is 5.32 Å². The largest absolute Gasteiger partial charge is 0.376 e. The minimum atomic E-state index is 0.159. The summed E-state index contributed by atoms with van der Waals surface area (Å²) in [5, 5.41) is 3.03. The number of nitrogens with zero attached hydrogens (tertiary/aromatic N) is 2. The van der Waals surface area contributed by atoms with Gasteiger partial charge in [-0.1, -0.05) is 6.42 Å². The van der Waals surface area contributed by atoms with E-state index in [0.717, 1.165) is 38.6 Å². The lowest BCUT2D eigenvalue weighted by Gasteiger charge is -2.40. The van der Waals surface area contributed by atoms with E-state index >= 15 is 0 Å². The normalized spacial score (nSPS) is 28.8. The second-order valence-electron chi connectivity index (χ2n) is 7.04. The summed E-state index contributed by atoms with van der Waals surface area (Å²) in [7, 11) is 0. The van der Waals surface area contributed by atoms with Gasteiger partial charge in [0.1, 0.15) is 0 Å². The summed E-state index contributed by atoms with van der Waals surface area (Å²) < 4.78 is 5.54. The van der Waals surface area contributed by atoms with E-state index in [1.54, 1.807) is 0 Å². The highest BCUT2D eigenvalue weighted by Gasteiger charge is 2.26. The van der Waals surface area contributed by atoms with Crippen molar-refractivity contribution >= 4 is 5.91 Å². The average molecular weight is 309 g/mol. The fraction of sp³-hybridized carbons (Fsp3) is 0.941. The molecule has 5 heteroatoms. The Morgan fingerprint density at radius 1 is 1.00 bits per heavy atom. The van der Waals surface area contributed by atoms with Crippen LogP contribution in [0.25, 0.3) is 0 Å². The molecule has 3 rings (SSSR count). The molecule has 0 unspecified atom stereocenters. The highest BCUT2D eigenvalue weighted by molar-refractivity contribution is 5.78. The van der Waals surface area contributed by atoms with Crippen molar-refractivity contribution in [1.29, 1.82) is 0 Å². The summed E-state index contributed by atoms with van der Waals surface area (Å²) in [6, 6.07) is 0.756. The maximum atomic E-state index is 12.0. The molecule has 0 saturated carbocycles. The average Bonchev–Trinajstić information content (AvgIpc) is 3.08. The lowest BCUT2D eigenvalue weighted by molar-refractivity contribution is -0.123. The molecule has 3 aliphatic heterocycles. The fourth-order valence-electron chi connectivity index (χ4n) is 4.02. The molecule has 22 heavy (non-hydrogen) atoms. The van der Waals surface area contributed by atoms with Crippen LogP contribution in [0.1, 0.15) is 44.9 Å². The molecule has 0 spiro atoms. The second kappa shape index (κ2) is 8.27. The molecule has 3 heterocycles. The van der Waals surface area contributed by atoms with E-state index in [4.69, 9.17) is 4.74 Å². The zero-order chi connectivity index (χ0) is 15.2. The van der Waals surface area contributed by atoms with Crippen molar-refractivity contribution < 1.29 is 9.53 Å². The lowest BCUT2D eigenvalue weighted by atomic mass is 10.00. The Bertz CT molecular complexity index is 344. The molecule has 3 saturated heterocycles. The Balaban J connectivity index is 1.31. The van der Waals surface area contributed by atoms with Gasteiger partial charge >= 0.3 is 0 Å². The molecule has 1 amide bonds. The molecule has 126 valence electrons. The van der Waals surface area contributed by atoms with Crippen LogP contribution in [0.4, 0.5) is 0 Å². The molecule has 0 radical (unpaired) electrons. The molecule has 5 nitrogen and oxygen atoms in total. The molecule has 0 aromatic rings. The minimum Gasteiger partial charge on any atom is -0.376 e. The third kappa shape index (κ3) is 4.67. The zero-order valence-corrected chi connectivity index (χ0v) is 13.8. The van der Waals surface area contributed by atoms with Gasteiger partial charge in [0.25, 0.3) is 0 Å². The van der Waals surface area contributed by atoms with Crippen LogP contribution in [0.2, 0.25) is 0 Å². The SMILES string of the molecule is O=C(CN1CCC(N2CCCCC2)CC1)NC[C@H]1CCCO1. The van der Waals surface area contributed by atoms with Gasteiger partial charge in [-0.25, -0.2) is 0 Å². The summed E-state index contributed by atoms with van der Waals surface area (Å²) in [6.07, 6.45) is 9.04. The Hall–Kier alpha value is -0.650. The highest BCUT2D eigenvalue weighted by Crippen LogP contribution is 2.20. The van der Waals surface area contributed by atoms with Crippen LogP contribution in [-0.2, 0) is 9.53 Å². The van der Waals surface area contributed by atoms with Crippen LogP contribution in [0.5, 0.6) is 0 Å². The minimum absolute atomic E-state index is 0.159. The van der Waals surface area contributed by atoms with E-state index in [9.17, 15) is 4.79 Å². The van der Waals surface area contributed by atoms with Gasteiger partial charge in [-0.05, 0) is 51.6 Å². The number of hydrogen-bond acceptors (Lipinski definition) is 4. The molecule has 1 N–H and O–H groups in total. The van der Waals surface area contributed by atoms with E-state index in [1.807, 2.05) is 0 Å². The van der Waals surface area contributed by atoms with Crippen LogP contribution in [0, 0.1) is 0 Å². The maximum Gasteiger partial charge on any atom is 0.234 e. The van der Waals surface area contributed by atoms with Crippen LogP contribution in [0.3, 0.4) is 0 Å². The number of likely N-dealkylation sites (tertiary alicyclic amines) is 2. The third-order valence-electron chi connectivity index (χ3n) is 5.38. The quantitative estimate of drug-likeness (QED) is 0.830. The number of piperidine rings is 2. The predicted octanol–water partition coefficient (Wildman–Crippen LogP) is 1.23. The summed E-state index contributed by atoms with van der Waals surface area (Å²) in [5.41, 5.74) is 0. The summed E-state index contributed by atoms with van der Waals surface area (Å²) in [4.78, 5) is 17.0. The smallest absolute Gasteiger partial charge is 0.234 e. The Kier molecular flexibility index (Phi) is 6.10. The van der Waals surface area contributed by atoms with Gasteiger partial charge in [-0.2, -0.15) is 0 Å². The van der Waals surface area contributed by atoms with Crippen molar-refractivity contribution in [1.82, 2.24) is 15.1 Å². The first-order valence-corrected chi connectivity index (χ1v) is 9.16. The first-order chi connectivity index (χ1) is 10.8. The number of hydrogen-bond donors (Lipinski definition) is 1. The lowest BCUT2D eigenvalue weighted by Crippen LogP contribution is -2.49. The van der Waals surface area contributed by atoms with Crippen LogP contribution >= 0.6 is 0 Å². The van der Waals surface area contributed by atoms with Gasteiger partial charge in [0.15, 0.2) is 0 Å². The zero-order valence-electron chi connectivity index (χ0n) is 13.8. The number of ether oxygens (including phenoxy) is 1. The van der Waals surface area contributed by atoms with E-state index in [1.165, 1.54) is 45.2 Å². The fourth-order valence-corrected chi connectivity index (χ4v) is 4.02. The Morgan fingerprint density at radius 2 is 1.77 bits per heavy atom. The molecule has 1 atom stereocenters. The summed E-state index contributed by atoms with van der Waals surface area (Å²) in [6.45, 7) is 6.79. The van der Waals surface area contributed by atoms with E-state index in [-0.39, 0.29) is 12.0 Å². The molecule has 0 bridgehead atoms. The molecule has 0 aromatic carbocycles. The molecule has 3 aliphatic rings.